The second kappa shape index (κ2) is 10.1. The van der Waals surface area contributed by atoms with E-state index in [1.807, 2.05) is 24.3 Å². The van der Waals surface area contributed by atoms with E-state index in [2.05, 4.69) is 38.7 Å². The van der Waals surface area contributed by atoms with Gasteiger partial charge in [0.2, 0.25) is 0 Å². The molecule has 6 atom stereocenters. The summed E-state index contributed by atoms with van der Waals surface area (Å²) in [5.41, 5.74) is 1.52. The van der Waals surface area contributed by atoms with Gasteiger partial charge in [0.25, 0.3) is 0 Å². The molecule has 0 amide bonds. The highest BCUT2D eigenvalue weighted by Crippen LogP contribution is 2.59. The number of anilines is 1. The van der Waals surface area contributed by atoms with E-state index in [-0.39, 0.29) is 47.9 Å². The van der Waals surface area contributed by atoms with Crippen LogP contribution in [0.25, 0.3) is 0 Å². The Hall–Kier alpha value is -2.35. The van der Waals surface area contributed by atoms with E-state index in [0.717, 1.165) is 24.3 Å². The minimum atomic E-state index is -0.345. The van der Waals surface area contributed by atoms with Gasteiger partial charge < -0.3 is 29.0 Å². The predicted octanol–water partition coefficient (Wildman–Crippen LogP) is 4.28. The van der Waals surface area contributed by atoms with E-state index in [1.165, 1.54) is 5.57 Å². The maximum atomic E-state index is 12.7. The van der Waals surface area contributed by atoms with Crippen molar-refractivity contribution >= 4 is 11.7 Å². The molecule has 1 aliphatic carbocycles. The van der Waals surface area contributed by atoms with Crippen LogP contribution in [0.1, 0.15) is 40.0 Å². The fourth-order valence-corrected chi connectivity index (χ4v) is 5.28. The van der Waals surface area contributed by atoms with Crippen molar-refractivity contribution in [3.63, 3.8) is 0 Å². The Kier molecular flexibility index (Phi) is 7.36. The first-order chi connectivity index (χ1) is 16.3. The standard InChI is InChI=1S/C27H37NO6/c1-6-15-31-20-10-8-19(9-11-20)28-16-23(29)33-21-13-14-27(17-32-27)25(24(21)30-5)26(4)22(34-26)12-7-18(2)3/h6-11,21-22,24-25,28H,1,12-17H2,2-5H3/t21-,22?,24-,25-,26+,27+/m1/s1. The summed E-state index contributed by atoms with van der Waals surface area (Å²) >= 11 is 0. The normalized spacial score (nSPS) is 33.6. The third kappa shape index (κ3) is 5.32. The molecular formula is C27H37NO6. The highest BCUT2D eigenvalue weighted by atomic mass is 16.6. The lowest BCUT2D eigenvalue weighted by atomic mass is 9.68. The lowest BCUT2D eigenvalue weighted by molar-refractivity contribution is -0.170. The van der Waals surface area contributed by atoms with Crippen LogP contribution in [-0.4, -0.2) is 62.4 Å². The van der Waals surface area contributed by atoms with Crippen LogP contribution in [0.15, 0.2) is 48.6 Å². The predicted molar refractivity (Wildman–Crippen MR) is 130 cm³/mol. The molecule has 1 aromatic carbocycles. The van der Waals surface area contributed by atoms with Crippen LogP contribution in [0.2, 0.25) is 0 Å². The Morgan fingerprint density at radius 2 is 2.03 bits per heavy atom. The number of carbonyl (C=O) groups is 1. The zero-order valence-corrected chi connectivity index (χ0v) is 20.7. The van der Waals surface area contributed by atoms with Crippen molar-refractivity contribution in [2.75, 3.05) is 32.2 Å². The summed E-state index contributed by atoms with van der Waals surface area (Å²) < 4.78 is 29.5. The molecule has 1 aromatic rings. The van der Waals surface area contributed by atoms with Gasteiger partial charge in [0.15, 0.2) is 0 Å². The molecule has 1 unspecified atom stereocenters. The van der Waals surface area contributed by atoms with Gasteiger partial charge in [0, 0.05) is 12.8 Å². The van der Waals surface area contributed by atoms with Gasteiger partial charge in [-0.1, -0.05) is 24.3 Å². The van der Waals surface area contributed by atoms with Gasteiger partial charge in [-0.05, 0) is 64.3 Å². The van der Waals surface area contributed by atoms with Crippen LogP contribution in [0.3, 0.4) is 0 Å². The highest BCUT2D eigenvalue weighted by Gasteiger charge is 2.72. The lowest BCUT2D eigenvalue weighted by Gasteiger charge is -2.42. The maximum absolute atomic E-state index is 12.7. The number of allylic oxidation sites excluding steroid dienone is 1. The SMILES string of the molecule is C=CCOc1ccc(NCC(=O)O[C@@H]2CC[C@]3(CO3)[C@@H]([C@@]3(C)OC3CC=C(C)C)[C@@H]2OC)cc1. The van der Waals surface area contributed by atoms with Crippen molar-refractivity contribution in [1.29, 1.82) is 0 Å². The first-order valence-electron chi connectivity index (χ1n) is 12.1. The largest absolute Gasteiger partial charge is 0.490 e. The molecule has 4 rings (SSSR count). The molecule has 2 saturated heterocycles. The smallest absolute Gasteiger partial charge is 0.325 e. The van der Waals surface area contributed by atoms with Crippen LogP contribution in [0.4, 0.5) is 5.69 Å². The van der Waals surface area contributed by atoms with Crippen LogP contribution in [-0.2, 0) is 23.7 Å². The van der Waals surface area contributed by atoms with Gasteiger partial charge in [-0.15, -0.1) is 0 Å². The van der Waals surface area contributed by atoms with Crippen LogP contribution in [0.5, 0.6) is 5.75 Å². The third-order valence-electron chi connectivity index (χ3n) is 7.18. The average molecular weight is 472 g/mol. The molecule has 2 heterocycles. The summed E-state index contributed by atoms with van der Waals surface area (Å²) in [5, 5.41) is 3.12. The second-order valence-corrected chi connectivity index (χ2v) is 9.88. The number of esters is 1. The molecule has 1 saturated carbocycles. The molecule has 3 fully saturated rings. The van der Waals surface area contributed by atoms with E-state index in [9.17, 15) is 4.79 Å². The van der Waals surface area contributed by atoms with Crippen LogP contribution < -0.4 is 10.1 Å². The summed E-state index contributed by atoms with van der Waals surface area (Å²) in [6.45, 7) is 11.2. The van der Waals surface area contributed by atoms with E-state index < -0.39 is 0 Å². The van der Waals surface area contributed by atoms with E-state index in [0.29, 0.717) is 19.6 Å². The number of methoxy groups -OCH3 is 1. The summed E-state index contributed by atoms with van der Waals surface area (Å²) in [6.07, 6.45) is 5.84. The van der Waals surface area contributed by atoms with E-state index in [1.54, 1.807) is 13.2 Å². The average Bonchev–Trinajstić information content (AvgIpc) is 3.74. The van der Waals surface area contributed by atoms with Crippen molar-refractivity contribution in [2.45, 2.75) is 69.5 Å². The number of carbonyl (C=O) groups excluding carboxylic acids is 1. The zero-order chi connectivity index (χ0) is 24.3. The fourth-order valence-electron chi connectivity index (χ4n) is 5.28. The van der Waals surface area contributed by atoms with Gasteiger partial charge in [-0.3, -0.25) is 4.79 Å². The van der Waals surface area contributed by atoms with Crippen molar-refractivity contribution in [3.05, 3.63) is 48.6 Å². The Morgan fingerprint density at radius 1 is 1.29 bits per heavy atom. The number of rotatable bonds is 11. The number of epoxide rings is 2. The van der Waals surface area contributed by atoms with Crippen molar-refractivity contribution in [1.82, 2.24) is 0 Å². The van der Waals surface area contributed by atoms with Crippen LogP contribution in [0, 0.1) is 5.92 Å². The second-order valence-electron chi connectivity index (χ2n) is 9.88. The minimum absolute atomic E-state index is 0.0168. The van der Waals surface area contributed by atoms with Gasteiger partial charge in [0.05, 0.1) is 18.6 Å². The summed E-state index contributed by atoms with van der Waals surface area (Å²) in [5.74, 6) is 0.454. The molecule has 0 radical (unpaired) electrons. The summed E-state index contributed by atoms with van der Waals surface area (Å²) in [4.78, 5) is 12.7. The molecule has 186 valence electrons. The Balaban J connectivity index is 1.35. The first-order valence-corrected chi connectivity index (χ1v) is 12.1. The molecule has 2 aliphatic heterocycles. The summed E-state index contributed by atoms with van der Waals surface area (Å²) in [7, 11) is 1.69. The minimum Gasteiger partial charge on any atom is -0.490 e. The molecule has 0 bridgehead atoms. The molecule has 7 heteroatoms. The van der Waals surface area contributed by atoms with Gasteiger partial charge in [0.1, 0.15) is 42.3 Å². The number of nitrogens with one attached hydrogen (secondary N) is 1. The van der Waals surface area contributed by atoms with Crippen molar-refractivity contribution in [3.8, 4) is 5.75 Å². The Bertz CT molecular complexity index is 904. The van der Waals surface area contributed by atoms with Gasteiger partial charge >= 0.3 is 5.97 Å². The zero-order valence-electron chi connectivity index (χ0n) is 20.7. The topological polar surface area (TPSA) is 81.9 Å². The number of benzene rings is 1. The van der Waals surface area contributed by atoms with E-state index >= 15 is 0 Å². The van der Waals surface area contributed by atoms with Crippen LogP contribution >= 0.6 is 0 Å². The highest BCUT2D eigenvalue weighted by molar-refractivity contribution is 5.75. The molecular weight excluding hydrogens is 434 g/mol. The Morgan fingerprint density at radius 3 is 2.65 bits per heavy atom. The van der Waals surface area contributed by atoms with Gasteiger partial charge in [-0.25, -0.2) is 0 Å². The monoisotopic (exact) mass is 471 g/mol. The molecule has 34 heavy (non-hydrogen) atoms. The molecule has 1 N–H and O–H groups in total. The van der Waals surface area contributed by atoms with Crippen molar-refractivity contribution in [2.24, 2.45) is 5.92 Å². The molecule has 0 aromatic heterocycles. The molecule has 1 spiro atoms. The Labute approximate surface area is 202 Å². The quantitative estimate of drug-likeness (QED) is 0.293. The fraction of sp³-hybridized carbons (Fsp3) is 0.593. The summed E-state index contributed by atoms with van der Waals surface area (Å²) in [6, 6.07) is 7.43. The van der Waals surface area contributed by atoms with Gasteiger partial charge in [-0.2, -0.15) is 0 Å². The number of hydrogen-bond acceptors (Lipinski definition) is 7. The maximum Gasteiger partial charge on any atom is 0.325 e. The lowest BCUT2D eigenvalue weighted by Crippen LogP contribution is -2.55. The number of ether oxygens (including phenoxy) is 5. The molecule has 3 aliphatic rings. The first kappa shape index (κ1) is 24.8. The molecule has 7 nitrogen and oxygen atoms in total. The third-order valence-corrected chi connectivity index (χ3v) is 7.18. The van der Waals surface area contributed by atoms with Crippen molar-refractivity contribution < 1.29 is 28.5 Å². The van der Waals surface area contributed by atoms with E-state index in [4.69, 9.17) is 23.7 Å². The number of hydrogen-bond donors (Lipinski definition) is 1.